The van der Waals surface area contributed by atoms with Gasteiger partial charge in [-0.3, -0.25) is 9.78 Å². The van der Waals surface area contributed by atoms with Gasteiger partial charge in [0.05, 0.1) is 22.9 Å². The minimum atomic E-state index is -0.375. The maximum Gasteiger partial charge on any atom is 0.200 e. The largest absolute Gasteiger partial charge is 0.485 e. The van der Waals surface area contributed by atoms with Gasteiger partial charge in [-0.15, -0.1) is 0 Å². The molecule has 0 radical (unpaired) electrons. The first-order valence-corrected chi connectivity index (χ1v) is 8.43. The summed E-state index contributed by atoms with van der Waals surface area (Å²) in [5.41, 5.74) is 3.77. The number of Topliss-reactive ketones (excluding diaryl/α,β-unsaturated/α-hetero) is 1. The van der Waals surface area contributed by atoms with Crippen LogP contribution in [0.4, 0.5) is 4.39 Å². The van der Waals surface area contributed by atoms with Crippen molar-refractivity contribution in [2.24, 2.45) is 0 Å². The van der Waals surface area contributed by atoms with E-state index in [9.17, 15) is 9.18 Å². The number of para-hydroxylation sites is 2. The van der Waals surface area contributed by atoms with Crippen LogP contribution in [0.2, 0.25) is 0 Å². The molecular weight excluding hydrogens is 343 g/mol. The van der Waals surface area contributed by atoms with Crippen molar-refractivity contribution in [3.05, 3.63) is 90.4 Å². The van der Waals surface area contributed by atoms with Gasteiger partial charge in [0.2, 0.25) is 0 Å². The summed E-state index contributed by atoms with van der Waals surface area (Å²) in [6, 6.07) is 20.4. The van der Waals surface area contributed by atoms with Crippen molar-refractivity contribution in [2.45, 2.75) is 0 Å². The number of nitrogens with zero attached hydrogens (tertiary/aromatic N) is 2. The van der Waals surface area contributed by atoms with E-state index in [1.165, 1.54) is 24.3 Å². The predicted molar refractivity (Wildman–Crippen MR) is 101 cm³/mol. The maximum atomic E-state index is 12.9. The van der Waals surface area contributed by atoms with Gasteiger partial charge in [0.25, 0.3) is 0 Å². The van der Waals surface area contributed by atoms with Crippen LogP contribution in [-0.2, 0) is 0 Å². The lowest BCUT2D eigenvalue weighted by molar-refractivity contribution is 0.0921. The first kappa shape index (κ1) is 16.8. The van der Waals surface area contributed by atoms with Gasteiger partial charge in [-0.25, -0.2) is 9.37 Å². The summed E-state index contributed by atoms with van der Waals surface area (Å²) in [6.45, 7) is -0.110. The molecule has 4 nitrogen and oxygen atoms in total. The highest BCUT2D eigenvalue weighted by Gasteiger charge is 2.08. The van der Waals surface area contributed by atoms with E-state index in [1.807, 2.05) is 36.4 Å². The minimum Gasteiger partial charge on any atom is -0.485 e. The van der Waals surface area contributed by atoms with Gasteiger partial charge in [-0.2, -0.15) is 0 Å². The van der Waals surface area contributed by atoms with Crippen LogP contribution in [0.5, 0.6) is 5.75 Å². The van der Waals surface area contributed by atoms with Gasteiger partial charge in [-0.1, -0.05) is 12.1 Å². The van der Waals surface area contributed by atoms with Crippen molar-refractivity contribution in [3.8, 4) is 17.0 Å². The summed E-state index contributed by atoms with van der Waals surface area (Å²) < 4.78 is 18.4. The fourth-order valence-corrected chi connectivity index (χ4v) is 2.69. The molecule has 0 spiro atoms. The van der Waals surface area contributed by atoms with Crippen LogP contribution in [0.15, 0.2) is 79.0 Å². The van der Waals surface area contributed by atoms with Gasteiger partial charge >= 0.3 is 0 Å². The van der Waals surface area contributed by atoms with E-state index in [4.69, 9.17) is 4.74 Å². The van der Waals surface area contributed by atoms with Crippen molar-refractivity contribution in [1.82, 2.24) is 9.97 Å². The van der Waals surface area contributed by atoms with Crippen LogP contribution in [0.25, 0.3) is 22.3 Å². The number of hydrogen-bond acceptors (Lipinski definition) is 4. The number of carbonyl (C=O) groups is 1. The van der Waals surface area contributed by atoms with Crippen molar-refractivity contribution >= 4 is 16.8 Å². The third kappa shape index (κ3) is 3.82. The molecule has 0 atom stereocenters. The van der Waals surface area contributed by atoms with Crippen LogP contribution >= 0.6 is 0 Å². The Balaban J connectivity index is 1.45. The highest BCUT2D eigenvalue weighted by molar-refractivity contribution is 5.97. The molecule has 0 aliphatic heterocycles. The van der Waals surface area contributed by atoms with Gasteiger partial charge in [0.15, 0.2) is 12.4 Å². The predicted octanol–water partition coefficient (Wildman–Crippen LogP) is 4.70. The highest BCUT2D eigenvalue weighted by atomic mass is 19.1. The normalized spacial score (nSPS) is 10.7. The standard InChI is InChI=1S/C22H15FN2O2/c23-17-9-5-16(6-10-17)22(26)14-27-18-11-7-15(8-12-18)21-13-24-19-3-1-2-4-20(19)25-21/h1-13H,14H2. The quantitative estimate of drug-likeness (QED) is 0.485. The summed E-state index contributed by atoms with van der Waals surface area (Å²) >= 11 is 0. The summed E-state index contributed by atoms with van der Waals surface area (Å²) in [7, 11) is 0. The van der Waals surface area contributed by atoms with Crippen LogP contribution in [0.1, 0.15) is 10.4 Å². The monoisotopic (exact) mass is 358 g/mol. The molecule has 0 aliphatic carbocycles. The van der Waals surface area contributed by atoms with Crippen molar-refractivity contribution in [3.63, 3.8) is 0 Å². The molecule has 27 heavy (non-hydrogen) atoms. The lowest BCUT2D eigenvalue weighted by Gasteiger charge is -2.07. The molecule has 4 aromatic rings. The van der Waals surface area contributed by atoms with Gasteiger partial charge in [-0.05, 0) is 60.7 Å². The first-order chi connectivity index (χ1) is 13.2. The van der Waals surface area contributed by atoms with Gasteiger partial charge in [0, 0.05) is 11.1 Å². The van der Waals surface area contributed by atoms with Crippen LogP contribution < -0.4 is 4.74 Å². The molecule has 0 aliphatic rings. The van der Waals surface area contributed by atoms with E-state index < -0.39 is 0 Å². The fourth-order valence-electron chi connectivity index (χ4n) is 2.69. The summed E-state index contributed by atoms with van der Waals surface area (Å²) in [5.74, 6) is -0.0118. The third-order valence-electron chi connectivity index (χ3n) is 4.13. The van der Waals surface area contributed by atoms with Crippen molar-refractivity contribution in [2.75, 3.05) is 6.61 Å². The van der Waals surface area contributed by atoms with E-state index in [2.05, 4.69) is 9.97 Å². The molecule has 0 saturated heterocycles. The molecule has 0 bridgehead atoms. The number of hydrogen-bond donors (Lipinski definition) is 0. The molecule has 1 aromatic heterocycles. The Morgan fingerprint density at radius 2 is 1.59 bits per heavy atom. The number of carbonyl (C=O) groups excluding carboxylic acids is 1. The van der Waals surface area contributed by atoms with Crippen molar-refractivity contribution < 1.29 is 13.9 Å². The topological polar surface area (TPSA) is 52.1 Å². The van der Waals surface area contributed by atoms with Crippen LogP contribution in [-0.4, -0.2) is 22.4 Å². The lowest BCUT2D eigenvalue weighted by Crippen LogP contribution is -2.11. The number of benzene rings is 3. The average molecular weight is 358 g/mol. The molecule has 4 rings (SSSR count). The summed E-state index contributed by atoms with van der Waals surface area (Å²) in [6.07, 6.45) is 1.73. The third-order valence-corrected chi connectivity index (χ3v) is 4.13. The second-order valence-electron chi connectivity index (χ2n) is 5.99. The Morgan fingerprint density at radius 3 is 2.33 bits per heavy atom. The number of halogens is 1. The Bertz CT molecular complexity index is 1090. The van der Waals surface area contributed by atoms with E-state index in [-0.39, 0.29) is 18.2 Å². The zero-order chi connectivity index (χ0) is 18.6. The molecular formula is C22H15FN2O2. The highest BCUT2D eigenvalue weighted by Crippen LogP contribution is 2.22. The Kier molecular flexibility index (Phi) is 4.58. The zero-order valence-electron chi connectivity index (χ0n) is 14.3. The fraction of sp³-hybridized carbons (Fsp3) is 0.0455. The number of aromatic nitrogens is 2. The molecule has 3 aromatic carbocycles. The zero-order valence-corrected chi connectivity index (χ0v) is 14.3. The summed E-state index contributed by atoms with van der Waals surface area (Å²) in [4.78, 5) is 21.1. The number of fused-ring (bicyclic) bond motifs is 1. The van der Waals surface area contributed by atoms with Crippen LogP contribution in [0, 0.1) is 5.82 Å². The number of ether oxygens (including phenoxy) is 1. The van der Waals surface area contributed by atoms with E-state index in [1.54, 1.807) is 18.3 Å². The molecule has 0 fully saturated rings. The minimum absolute atomic E-state index is 0.110. The van der Waals surface area contributed by atoms with Gasteiger partial charge in [0.1, 0.15) is 11.6 Å². The van der Waals surface area contributed by atoms with Crippen molar-refractivity contribution in [1.29, 1.82) is 0 Å². The Morgan fingerprint density at radius 1 is 0.889 bits per heavy atom. The first-order valence-electron chi connectivity index (χ1n) is 8.43. The molecule has 5 heteroatoms. The Hall–Kier alpha value is -3.60. The SMILES string of the molecule is O=C(COc1ccc(-c2cnc3ccccc3n2)cc1)c1ccc(F)cc1. The smallest absolute Gasteiger partial charge is 0.200 e. The Labute approximate surface area is 155 Å². The second kappa shape index (κ2) is 7.33. The molecule has 0 unspecified atom stereocenters. The molecule has 0 saturated carbocycles. The van der Waals surface area contributed by atoms with Crippen LogP contribution in [0.3, 0.4) is 0 Å². The number of rotatable bonds is 5. The molecule has 0 amide bonds. The molecule has 0 N–H and O–H groups in total. The molecule has 132 valence electrons. The molecule has 1 heterocycles. The van der Waals surface area contributed by atoms with Gasteiger partial charge < -0.3 is 4.74 Å². The van der Waals surface area contributed by atoms with E-state index in [0.29, 0.717) is 11.3 Å². The lowest BCUT2D eigenvalue weighted by atomic mass is 10.1. The summed E-state index contributed by atoms with van der Waals surface area (Å²) in [5, 5.41) is 0. The van der Waals surface area contributed by atoms with E-state index in [0.717, 1.165) is 22.3 Å². The van der Waals surface area contributed by atoms with E-state index >= 15 is 0 Å². The second-order valence-corrected chi connectivity index (χ2v) is 5.99. The average Bonchev–Trinajstić information content (AvgIpc) is 2.72. The number of ketones is 1. The maximum absolute atomic E-state index is 12.9.